The minimum atomic E-state index is 0.145. The van der Waals surface area contributed by atoms with Crippen LogP contribution in [0.3, 0.4) is 0 Å². The number of hydrogen-bond donors (Lipinski definition) is 0. The maximum atomic E-state index is 9.91. The fourth-order valence-corrected chi connectivity index (χ4v) is 6.21. The third kappa shape index (κ3) is 3.08. The Kier molecular flexibility index (Phi) is 4.83. The van der Waals surface area contributed by atoms with Crippen molar-refractivity contribution in [2.24, 2.45) is 0 Å². The number of allylic oxidation sites excluding steroid dienone is 5. The molecule has 5 nitrogen and oxygen atoms in total. The van der Waals surface area contributed by atoms with Crippen LogP contribution in [-0.2, 0) is 0 Å². The van der Waals surface area contributed by atoms with E-state index in [0.717, 1.165) is 58.0 Å². The van der Waals surface area contributed by atoms with Gasteiger partial charge in [0.15, 0.2) is 0 Å². The van der Waals surface area contributed by atoms with Gasteiger partial charge in [-0.15, -0.1) is 0 Å². The Labute approximate surface area is 220 Å². The highest BCUT2D eigenvalue weighted by Gasteiger charge is 2.37. The Morgan fingerprint density at radius 2 is 1.74 bits per heavy atom. The fraction of sp³-hybridized carbons (Fsp3) is 0.121. The standard InChI is InChI=1S/C33H21N5/c34-18-21-9-13-31-27(15-21)25-6-2-4-8-30(25)37(31)24-11-12-26-28-16-22(19-35)10-14-32(28)38(33(26)17-24)29-7-3-1-5-23(29)20-36/h1-3,5-7,9-12,14-17,31H,4,8,13H2/t31-/m0/s1. The molecule has 2 aliphatic carbocycles. The van der Waals surface area contributed by atoms with Crippen LogP contribution >= 0.6 is 0 Å². The van der Waals surface area contributed by atoms with E-state index in [9.17, 15) is 15.8 Å². The molecule has 38 heavy (non-hydrogen) atoms. The quantitative estimate of drug-likeness (QED) is 0.302. The highest BCUT2D eigenvalue weighted by Crippen LogP contribution is 2.46. The molecule has 7 rings (SSSR count). The third-order valence-electron chi connectivity index (χ3n) is 7.84. The normalized spacial score (nSPS) is 17.9. The number of fused-ring (bicyclic) bond motifs is 5. The Hall–Kier alpha value is -5.31. The van der Waals surface area contributed by atoms with Crippen LogP contribution in [0.1, 0.15) is 30.4 Å². The lowest BCUT2D eigenvalue weighted by atomic mass is 9.90. The summed E-state index contributed by atoms with van der Waals surface area (Å²) in [4.78, 5) is 2.44. The molecule has 5 heteroatoms. The van der Waals surface area contributed by atoms with Crippen molar-refractivity contribution in [1.29, 1.82) is 15.8 Å². The first-order valence-electron chi connectivity index (χ1n) is 12.7. The number of para-hydroxylation sites is 1. The molecule has 0 radical (unpaired) electrons. The first-order chi connectivity index (χ1) is 18.7. The second-order valence-corrected chi connectivity index (χ2v) is 9.80. The van der Waals surface area contributed by atoms with Crippen molar-refractivity contribution >= 4 is 27.5 Å². The van der Waals surface area contributed by atoms with E-state index in [-0.39, 0.29) is 6.04 Å². The van der Waals surface area contributed by atoms with Crippen LogP contribution in [0.25, 0.3) is 27.5 Å². The predicted octanol–water partition coefficient (Wildman–Crippen LogP) is 7.10. The topological polar surface area (TPSA) is 79.5 Å². The summed E-state index contributed by atoms with van der Waals surface area (Å²) in [6, 6.07) is 27.0. The smallest absolute Gasteiger partial charge is 0.101 e. The van der Waals surface area contributed by atoms with E-state index in [1.807, 2.05) is 54.6 Å². The van der Waals surface area contributed by atoms with Crippen LogP contribution in [-0.4, -0.2) is 10.6 Å². The van der Waals surface area contributed by atoms with E-state index in [0.29, 0.717) is 11.1 Å². The molecule has 178 valence electrons. The van der Waals surface area contributed by atoms with Gasteiger partial charge < -0.3 is 9.47 Å². The SMILES string of the molecule is N#CC1=CC[C@H]2C(=C1)C1=C(CCC=C1)N2c1ccc2c3cc(C#N)ccc3n(-c3ccccc3C#N)c2c1. The van der Waals surface area contributed by atoms with Crippen LogP contribution in [0, 0.1) is 34.0 Å². The molecular weight excluding hydrogens is 466 g/mol. The van der Waals surface area contributed by atoms with Gasteiger partial charge in [-0.2, -0.15) is 15.8 Å². The highest BCUT2D eigenvalue weighted by molar-refractivity contribution is 6.10. The first-order valence-corrected chi connectivity index (χ1v) is 12.7. The fourth-order valence-electron chi connectivity index (χ4n) is 6.21. The molecule has 1 aliphatic heterocycles. The van der Waals surface area contributed by atoms with Crippen molar-refractivity contribution < 1.29 is 0 Å². The van der Waals surface area contributed by atoms with Gasteiger partial charge in [-0.25, -0.2) is 0 Å². The summed E-state index contributed by atoms with van der Waals surface area (Å²) in [7, 11) is 0. The average molecular weight is 488 g/mol. The van der Waals surface area contributed by atoms with Crippen molar-refractivity contribution in [3.05, 3.63) is 119 Å². The molecule has 0 amide bonds. The molecule has 2 heterocycles. The summed E-state index contributed by atoms with van der Waals surface area (Å²) >= 11 is 0. The summed E-state index contributed by atoms with van der Waals surface area (Å²) in [5, 5.41) is 31.0. The maximum Gasteiger partial charge on any atom is 0.101 e. The lowest BCUT2D eigenvalue weighted by Gasteiger charge is -2.31. The summed E-state index contributed by atoms with van der Waals surface area (Å²) < 4.78 is 2.14. The largest absolute Gasteiger partial charge is 0.337 e. The number of rotatable bonds is 2. The van der Waals surface area contributed by atoms with E-state index < -0.39 is 0 Å². The summed E-state index contributed by atoms with van der Waals surface area (Å²) in [5.74, 6) is 0. The molecule has 0 unspecified atom stereocenters. The zero-order valence-corrected chi connectivity index (χ0v) is 20.5. The Morgan fingerprint density at radius 3 is 2.58 bits per heavy atom. The predicted molar refractivity (Wildman–Crippen MR) is 148 cm³/mol. The number of nitriles is 3. The molecule has 4 aromatic rings. The van der Waals surface area contributed by atoms with E-state index in [4.69, 9.17) is 0 Å². The minimum Gasteiger partial charge on any atom is -0.337 e. The molecule has 0 saturated heterocycles. The van der Waals surface area contributed by atoms with Crippen LogP contribution < -0.4 is 4.90 Å². The second kappa shape index (κ2) is 8.38. The monoisotopic (exact) mass is 487 g/mol. The van der Waals surface area contributed by atoms with Gasteiger partial charge in [-0.05, 0) is 78.9 Å². The average Bonchev–Trinajstić information content (AvgIpc) is 3.48. The van der Waals surface area contributed by atoms with Gasteiger partial charge in [0.1, 0.15) is 6.07 Å². The Bertz CT molecular complexity index is 1940. The van der Waals surface area contributed by atoms with E-state index in [1.165, 1.54) is 16.8 Å². The minimum absolute atomic E-state index is 0.145. The zero-order valence-electron chi connectivity index (χ0n) is 20.5. The van der Waals surface area contributed by atoms with Gasteiger partial charge in [0.2, 0.25) is 0 Å². The van der Waals surface area contributed by atoms with Crippen molar-refractivity contribution in [2.75, 3.05) is 4.90 Å². The number of aromatic nitrogens is 1. The maximum absolute atomic E-state index is 9.91. The van der Waals surface area contributed by atoms with E-state index in [1.54, 1.807) is 0 Å². The summed E-state index contributed by atoms with van der Waals surface area (Å²) in [5.41, 5.74) is 9.51. The van der Waals surface area contributed by atoms with Gasteiger partial charge in [-0.1, -0.05) is 36.4 Å². The Morgan fingerprint density at radius 1 is 0.842 bits per heavy atom. The van der Waals surface area contributed by atoms with Crippen LogP contribution in [0.4, 0.5) is 5.69 Å². The molecule has 1 aromatic heterocycles. The molecule has 0 N–H and O–H groups in total. The zero-order chi connectivity index (χ0) is 25.8. The first kappa shape index (κ1) is 21.9. The van der Waals surface area contributed by atoms with Gasteiger partial charge in [0.25, 0.3) is 0 Å². The van der Waals surface area contributed by atoms with Gasteiger partial charge in [0.05, 0.1) is 46.0 Å². The molecule has 0 bridgehead atoms. The van der Waals surface area contributed by atoms with Crippen molar-refractivity contribution in [3.63, 3.8) is 0 Å². The van der Waals surface area contributed by atoms with Crippen molar-refractivity contribution in [3.8, 4) is 23.9 Å². The molecular formula is C33H21N5. The van der Waals surface area contributed by atoms with Gasteiger partial charge in [0, 0.05) is 27.7 Å². The summed E-state index contributed by atoms with van der Waals surface area (Å²) in [6.07, 6.45) is 11.2. The lowest BCUT2D eigenvalue weighted by molar-refractivity contribution is 0.738. The molecule has 0 saturated carbocycles. The number of hydrogen-bond acceptors (Lipinski definition) is 4. The number of anilines is 1. The van der Waals surface area contributed by atoms with E-state index >= 15 is 0 Å². The summed E-state index contributed by atoms with van der Waals surface area (Å²) in [6.45, 7) is 0. The lowest BCUT2D eigenvalue weighted by Crippen LogP contribution is -2.31. The van der Waals surface area contributed by atoms with Crippen LogP contribution in [0.5, 0.6) is 0 Å². The molecule has 0 spiro atoms. The van der Waals surface area contributed by atoms with Gasteiger partial charge in [-0.3, -0.25) is 0 Å². The van der Waals surface area contributed by atoms with Crippen molar-refractivity contribution in [1.82, 2.24) is 4.57 Å². The van der Waals surface area contributed by atoms with Gasteiger partial charge >= 0.3 is 0 Å². The second-order valence-electron chi connectivity index (χ2n) is 9.80. The van der Waals surface area contributed by atoms with Crippen molar-refractivity contribution in [2.45, 2.75) is 25.3 Å². The highest BCUT2D eigenvalue weighted by atomic mass is 15.2. The van der Waals surface area contributed by atoms with E-state index in [2.05, 4.69) is 58.0 Å². The van der Waals surface area contributed by atoms with Crippen LogP contribution in [0.2, 0.25) is 0 Å². The molecule has 1 atom stereocenters. The molecule has 3 aliphatic rings. The number of nitrogens with zero attached hydrogens (tertiary/aromatic N) is 5. The van der Waals surface area contributed by atoms with Crippen LogP contribution in [0.15, 0.2) is 107 Å². The number of benzene rings is 3. The third-order valence-corrected chi connectivity index (χ3v) is 7.84. The molecule has 3 aromatic carbocycles. The molecule has 0 fully saturated rings. The Balaban J connectivity index is 1.49.